The second-order valence-corrected chi connectivity index (χ2v) is 11.1. The molecule has 1 saturated heterocycles. The van der Waals surface area contributed by atoms with Gasteiger partial charge < -0.3 is 24.5 Å². The number of rotatable bonds is 8. The Labute approximate surface area is 288 Å². The maximum Gasteiger partial charge on any atom is 1.00 e. The molecule has 5 aromatic rings. The summed E-state index contributed by atoms with van der Waals surface area (Å²) in [4.78, 5) is 35.5. The minimum absolute atomic E-state index is 0. The van der Waals surface area contributed by atoms with E-state index in [0.29, 0.717) is 24.7 Å². The molecule has 0 unspecified atom stereocenters. The molecule has 226 valence electrons. The van der Waals surface area contributed by atoms with Gasteiger partial charge in [0.05, 0.1) is 29.1 Å². The molecule has 6 rings (SSSR count). The number of carboxylic acid groups (broad SMARTS) is 1. The van der Waals surface area contributed by atoms with Gasteiger partial charge in [0.1, 0.15) is 17.1 Å². The van der Waals surface area contributed by atoms with E-state index in [0.717, 1.165) is 52.9 Å². The van der Waals surface area contributed by atoms with Gasteiger partial charge in [-0.25, -0.2) is 4.98 Å². The molecule has 1 fully saturated rings. The van der Waals surface area contributed by atoms with Gasteiger partial charge in [-0.2, -0.15) is 10.2 Å². The van der Waals surface area contributed by atoms with Gasteiger partial charge in [0.2, 0.25) is 5.91 Å². The van der Waals surface area contributed by atoms with E-state index in [9.17, 15) is 19.8 Å². The first-order chi connectivity index (χ1) is 21.9. The van der Waals surface area contributed by atoms with Crippen molar-refractivity contribution in [1.82, 2.24) is 19.4 Å². The van der Waals surface area contributed by atoms with Gasteiger partial charge in [-0.15, -0.1) is 0 Å². The molecule has 0 aliphatic carbocycles. The number of carboxylic acids is 1. The molecule has 3 heterocycles. The van der Waals surface area contributed by atoms with Crippen LogP contribution in [0.25, 0.3) is 16.6 Å². The van der Waals surface area contributed by atoms with Crippen molar-refractivity contribution in [2.75, 3.05) is 13.1 Å². The number of aromatic hydroxyl groups is 1. The number of pyridine rings is 1. The number of amides is 1. The summed E-state index contributed by atoms with van der Waals surface area (Å²) in [7, 11) is 0. The maximum atomic E-state index is 13.6. The maximum absolute atomic E-state index is 13.6. The number of azo groups is 1. The number of aromatic carboxylic acids is 1. The van der Waals surface area contributed by atoms with Gasteiger partial charge in [0, 0.05) is 37.5 Å². The monoisotopic (exact) mass is 622 g/mol. The van der Waals surface area contributed by atoms with Gasteiger partial charge in [0.25, 0.3) is 0 Å². The van der Waals surface area contributed by atoms with Gasteiger partial charge in [-0.1, -0.05) is 42.5 Å². The van der Waals surface area contributed by atoms with Crippen molar-refractivity contribution in [3.8, 4) is 5.75 Å². The minimum Gasteiger partial charge on any atom is -0.545 e. The van der Waals surface area contributed by atoms with Crippen molar-refractivity contribution in [3.05, 3.63) is 120 Å². The van der Waals surface area contributed by atoms with Crippen LogP contribution in [0.4, 0.5) is 11.4 Å². The Bertz CT molecular complexity index is 1910. The summed E-state index contributed by atoms with van der Waals surface area (Å²) in [6.45, 7) is 4.26. The fraction of sp³-hybridized carbons (Fsp3) is 0.200. The summed E-state index contributed by atoms with van der Waals surface area (Å²) in [6.07, 6.45) is 7.13. The molecule has 1 aliphatic rings. The predicted octanol–water partition coefficient (Wildman–Crippen LogP) is 2.60. The summed E-state index contributed by atoms with van der Waals surface area (Å²) in [5.41, 5.74) is 5.03. The number of phenols is 1. The molecule has 1 N–H and O–H groups in total. The van der Waals surface area contributed by atoms with Crippen LogP contribution in [0.2, 0.25) is 0 Å². The number of hydrogen-bond acceptors (Lipinski definition) is 8. The van der Waals surface area contributed by atoms with Gasteiger partial charge in [-0.05, 0) is 78.8 Å². The van der Waals surface area contributed by atoms with Crippen molar-refractivity contribution in [2.45, 2.75) is 26.3 Å². The largest absolute Gasteiger partial charge is 1.00 e. The van der Waals surface area contributed by atoms with E-state index in [1.807, 2.05) is 60.4 Å². The van der Waals surface area contributed by atoms with E-state index < -0.39 is 11.7 Å². The van der Waals surface area contributed by atoms with Gasteiger partial charge in [0.15, 0.2) is 0 Å². The Kier molecular flexibility index (Phi) is 10.4. The molecule has 0 spiro atoms. The van der Waals surface area contributed by atoms with Crippen LogP contribution in [-0.2, 0) is 11.3 Å². The molecular weight excluding hydrogens is 591 g/mol. The summed E-state index contributed by atoms with van der Waals surface area (Å²) < 4.78 is 2.26. The van der Waals surface area contributed by atoms with E-state index >= 15 is 0 Å². The number of carbonyl (C=O) groups is 2. The van der Waals surface area contributed by atoms with Crippen LogP contribution >= 0.6 is 0 Å². The van der Waals surface area contributed by atoms with Crippen LogP contribution in [0, 0.1) is 12.8 Å². The Hall–Kier alpha value is -4.64. The van der Waals surface area contributed by atoms with Crippen molar-refractivity contribution < 1.29 is 49.4 Å². The van der Waals surface area contributed by atoms with E-state index in [-0.39, 0.29) is 46.7 Å². The predicted molar refractivity (Wildman–Crippen MR) is 168 cm³/mol. The van der Waals surface area contributed by atoms with Gasteiger partial charge >= 0.3 is 29.6 Å². The number of imidazole rings is 1. The first-order valence-corrected chi connectivity index (χ1v) is 14.7. The Morgan fingerprint density at radius 1 is 0.957 bits per heavy atom. The minimum atomic E-state index is -1.50. The number of nitrogens with zero attached hydrogens (tertiary/aromatic N) is 6. The number of carbonyl (C=O) groups excluding carboxylic acids is 2. The average molecular weight is 623 g/mol. The van der Waals surface area contributed by atoms with Crippen molar-refractivity contribution in [3.63, 3.8) is 0 Å². The zero-order valence-electron chi connectivity index (χ0n) is 25.7. The van der Waals surface area contributed by atoms with Crippen molar-refractivity contribution in [1.29, 1.82) is 0 Å². The molecule has 0 radical (unpaired) electrons. The summed E-state index contributed by atoms with van der Waals surface area (Å²) in [6, 6.07) is 23.0. The Balaban J connectivity index is 0.00000417. The molecule has 46 heavy (non-hydrogen) atoms. The molecule has 1 amide bonds. The van der Waals surface area contributed by atoms with Crippen LogP contribution in [0.1, 0.15) is 40.2 Å². The topological polar surface area (TPSA) is 136 Å². The van der Waals surface area contributed by atoms with Crippen LogP contribution in [0.5, 0.6) is 5.75 Å². The Morgan fingerprint density at radius 3 is 2.35 bits per heavy atom. The van der Waals surface area contributed by atoms with Crippen molar-refractivity contribution >= 4 is 39.9 Å². The van der Waals surface area contributed by atoms with Crippen LogP contribution in [0.3, 0.4) is 0 Å². The number of aromatic nitrogens is 3. The third-order valence-corrected chi connectivity index (χ3v) is 8.12. The van der Waals surface area contributed by atoms with E-state index in [1.165, 1.54) is 18.2 Å². The third kappa shape index (κ3) is 7.42. The zero-order chi connectivity index (χ0) is 31.3. The Morgan fingerprint density at radius 2 is 1.63 bits per heavy atom. The summed E-state index contributed by atoms with van der Waals surface area (Å²) >= 11 is 0. The van der Waals surface area contributed by atoms with Crippen molar-refractivity contribution in [2.24, 2.45) is 16.1 Å². The van der Waals surface area contributed by atoms with Crippen LogP contribution < -0.4 is 34.7 Å². The first kappa shape index (κ1) is 32.7. The smallest absolute Gasteiger partial charge is 0.545 e. The van der Waals surface area contributed by atoms with E-state index in [1.54, 1.807) is 30.6 Å². The average Bonchev–Trinajstić information content (AvgIpc) is 3.38. The molecule has 1 aliphatic heterocycles. The zero-order valence-corrected chi connectivity index (χ0v) is 27.7. The normalized spacial score (nSPS) is 14.0. The van der Waals surface area contributed by atoms with E-state index in [4.69, 9.17) is 0 Å². The summed E-state index contributed by atoms with van der Waals surface area (Å²) in [5.74, 6) is -0.489. The fourth-order valence-corrected chi connectivity index (χ4v) is 5.67. The standard InChI is InChI=1S/C35H32N6O4.Na/c1-23-37-31-21-36-16-13-32(31)41(23)22-24-14-17-40(18-15-24)34(43)20-29(25-5-3-2-4-6-25)26-7-9-27(10-8-26)38-39-28-11-12-33(42)30(19-28)35(44)45;/h2-13,16,19-21,24,42H,14-15,17-18,22H2,1H3,(H,44,45);/q;+1/p-1/b29-20?,39-38-;. The SMILES string of the molecule is Cc1nc2cnccc2n1CC1CCN(C(=O)C=C(c2ccccc2)c2ccc(/N=N\c3ccc(O)c(C(=O)[O-])c3)cc2)CC1.[Na+]. The number of benzene rings is 3. The van der Waals surface area contributed by atoms with Crippen LogP contribution in [0.15, 0.2) is 108 Å². The molecular formula is C35H31N6NaO4. The van der Waals surface area contributed by atoms with E-state index in [2.05, 4.69) is 24.8 Å². The molecule has 10 nitrogen and oxygen atoms in total. The number of hydrogen-bond donors (Lipinski definition) is 1. The molecule has 0 atom stereocenters. The number of aryl methyl sites for hydroxylation is 1. The summed E-state index contributed by atoms with van der Waals surface area (Å²) in [5, 5.41) is 29.2. The number of likely N-dealkylation sites (tertiary alicyclic amines) is 1. The fourth-order valence-electron chi connectivity index (χ4n) is 5.67. The quantitative estimate of drug-likeness (QED) is 0.161. The van der Waals surface area contributed by atoms with Crippen LogP contribution in [-0.4, -0.2) is 49.5 Å². The molecule has 3 aromatic carbocycles. The number of piperidine rings is 1. The molecule has 2 aromatic heterocycles. The molecule has 0 saturated carbocycles. The third-order valence-electron chi connectivity index (χ3n) is 8.12. The second kappa shape index (κ2) is 14.6. The second-order valence-electron chi connectivity index (χ2n) is 11.1. The number of fused-ring (bicyclic) bond motifs is 1. The van der Waals surface area contributed by atoms with Gasteiger partial charge in [-0.3, -0.25) is 9.78 Å². The first-order valence-electron chi connectivity index (χ1n) is 14.7. The molecule has 0 bridgehead atoms. The molecule has 11 heteroatoms.